The van der Waals surface area contributed by atoms with E-state index in [1.54, 1.807) is 0 Å². The fraction of sp³-hybridized carbons (Fsp3) is 0. The summed E-state index contributed by atoms with van der Waals surface area (Å²) in [5, 5.41) is 7.21. The van der Waals surface area contributed by atoms with Gasteiger partial charge in [0.2, 0.25) is 0 Å². The fourth-order valence-electron chi connectivity index (χ4n) is 0.225. The number of hydrogen-bond donors (Lipinski definition) is 0. The Morgan fingerprint density at radius 3 is 2.57 bits per heavy atom. The van der Waals surface area contributed by atoms with Crippen molar-refractivity contribution in [1.82, 2.24) is 15.2 Å². The van der Waals surface area contributed by atoms with E-state index in [0.717, 1.165) is 0 Å². The van der Waals surface area contributed by atoms with Crippen molar-refractivity contribution in [2.45, 2.75) is 0 Å². The first-order valence-electron chi connectivity index (χ1n) is 1.68. The lowest BCUT2D eigenvalue weighted by molar-refractivity contribution is 0.969. The molecular weight excluding hydrogens is 114 g/mol. The molecule has 0 N–H and O–H groups in total. The van der Waals surface area contributed by atoms with Gasteiger partial charge >= 0.3 is 0 Å². The Bertz CT molecular complexity index is 140. The maximum atomic E-state index is 5.33. The van der Waals surface area contributed by atoms with Gasteiger partial charge in [0.05, 0.1) is 6.20 Å². The van der Waals surface area contributed by atoms with Crippen LogP contribution < -0.4 is 0 Å². The third-order valence-corrected chi connectivity index (χ3v) is 0.659. The molecule has 1 aromatic heterocycles. The van der Waals surface area contributed by atoms with Crippen LogP contribution in [0.3, 0.4) is 0 Å². The molecule has 0 amide bonds. The smallest absolute Gasteiger partial charge is 0.151 e. The zero-order chi connectivity index (χ0) is 5.11. The van der Waals surface area contributed by atoms with Crippen LogP contribution >= 0.6 is 11.6 Å². The number of nitrogens with zero attached hydrogens (tertiary/aromatic N) is 3. The summed E-state index contributed by atoms with van der Waals surface area (Å²) >= 11 is 5.33. The molecule has 0 fully saturated rings. The maximum Gasteiger partial charge on any atom is 0.151 e. The first-order chi connectivity index (χ1) is 3.39. The lowest BCUT2D eigenvalue weighted by atomic mass is 10.9. The third kappa shape index (κ3) is 1.08. The van der Waals surface area contributed by atoms with Gasteiger partial charge in [-0.05, 0) is 0 Å². The van der Waals surface area contributed by atoms with Crippen LogP contribution in [-0.4, -0.2) is 15.2 Å². The summed E-state index contributed by atoms with van der Waals surface area (Å²) in [6.07, 6.45) is 2.67. The minimum Gasteiger partial charge on any atom is -0.221 e. The van der Waals surface area contributed by atoms with Crippen molar-refractivity contribution in [3.8, 4) is 0 Å². The first-order valence-corrected chi connectivity index (χ1v) is 2.05. The molecule has 0 unspecified atom stereocenters. The molecule has 1 heterocycles. The summed E-state index contributed by atoms with van der Waals surface area (Å²) in [6.45, 7) is 0. The molecule has 0 aliphatic rings. The topological polar surface area (TPSA) is 38.7 Å². The molecule has 0 aromatic carbocycles. The lowest BCUT2D eigenvalue weighted by Gasteiger charge is -1.77. The zero-order valence-electron chi connectivity index (χ0n) is 3.37. The predicted octanol–water partition coefficient (Wildman–Crippen LogP) is 0.525. The van der Waals surface area contributed by atoms with Gasteiger partial charge in [-0.1, -0.05) is 11.6 Å². The molecule has 0 atom stereocenters. The van der Waals surface area contributed by atoms with Crippen molar-refractivity contribution in [2.75, 3.05) is 0 Å². The van der Waals surface area contributed by atoms with Crippen molar-refractivity contribution in [2.24, 2.45) is 0 Å². The molecule has 3 nitrogen and oxygen atoms in total. The first kappa shape index (κ1) is 4.46. The molecule has 1 rings (SSSR count). The van der Waals surface area contributed by atoms with Gasteiger partial charge in [-0.25, -0.2) is 4.98 Å². The Morgan fingerprint density at radius 2 is 2.29 bits per heavy atom. The van der Waals surface area contributed by atoms with Gasteiger partial charge in [0.1, 0.15) is 6.33 Å². The van der Waals surface area contributed by atoms with Crippen LogP contribution in [0.5, 0.6) is 0 Å². The van der Waals surface area contributed by atoms with Crippen LogP contribution in [0.2, 0.25) is 5.15 Å². The Kier molecular flexibility index (Phi) is 1.17. The van der Waals surface area contributed by atoms with E-state index in [2.05, 4.69) is 15.2 Å². The van der Waals surface area contributed by atoms with E-state index in [1.807, 2.05) is 0 Å². The average molecular weight is 116 g/mol. The van der Waals surface area contributed by atoms with Crippen molar-refractivity contribution in [1.29, 1.82) is 0 Å². The van der Waals surface area contributed by atoms with Gasteiger partial charge in [0, 0.05) is 0 Å². The highest BCUT2D eigenvalue weighted by Crippen LogP contribution is 1.93. The third-order valence-electron chi connectivity index (χ3n) is 0.464. The SMILES string of the molecule is Clc1cnncn1. The number of halogens is 1. The van der Waals surface area contributed by atoms with Crippen LogP contribution in [0.1, 0.15) is 0 Å². The number of rotatable bonds is 0. The Labute approximate surface area is 45.4 Å². The number of hydrogen-bond acceptors (Lipinski definition) is 3. The van der Waals surface area contributed by atoms with Gasteiger partial charge in [-0.15, -0.1) is 5.10 Å². The molecule has 7 heavy (non-hydrogen) atoms. The summed E-state index contributed by atoms with van der Waals surface area (Å²) in [4.78, 5) is 3.57. The molecule has 4 heteroatoms. The van der Waals surface area contributed by atoms with Gasteiger partial charge in [0.15, 0.2) is 5.15 Å². The molecule has 0 saturated carbocycles. The summed E-state index contributed by atoms with van der Waals surface area (Å²) in [6, 6.07) is 0. The summed E-state index contributed by atoms with van der Waals surface area (Å²) < 4.78 is 0. The summed E-state index contributed by atoms with van der Waals surface area (Å²) in [5.41, 5.74) is 0. The summed E-state index contributed by atoms with van der Waals surface area (Å²) in [7, 11) is 0. The Hall–Kier alpha value is -0.700. The molecule has 0 bridgehead atoms. The molecule has 0 spiro atoms. The van der Waals surface area contributed by atoms with Crippen molar-refractivity contribution in [3.63, 3.8) is 0 Å². The molecule has 0 aliphatic carbocycles. The highest BCUT2D eigenvalue weighted by molar-refractivity contribution is 6.29. The van der Waals surface area contributed by atoms with Crippen LogP contribution in [0.15, 0.2) is 12.5 Å². The summed E-state index contributed by atoms with van der Waals surface area (Å²) in [5.74, 6) is 0. The zero-order valence-corrected chi connectivity index (χ0v) is 4.13. The van der Waals surface area contributed by atoms with E-state index < -0.39 is 0 Å². The predicted molar refractivity (Wildman–Crippen MR) is 24.8 cm³/mol. The minimum absolute atomic E-state index is 0.370. The quantitative estimate of drug-likeness (QED) is 0.495. The standard InChI is InChI=1S/C3H2ClN3/c4-3-1-6-7-2-5-3/h1-2H. The van der Waals surface area contributed by atoms with E-state index in [4.69, 9.17) is 11.6 Å². The van der Waals surface area contributed by atoms with E-state index >= 15 is 0 Å². The maximum absolute atomic E-state index is 5.33. The monoisotopic (exact) mass is 115 g/mol. The molecule has 0 saturated heterocycles. The van der Waals surface area contributed by atoms with E-state index in [9.17, 15) is 0 Å². The second kappa shape index (κ2) is 1.84. The van der Waals surface area contributed by atoms with Crippen LogP contribution in [0.25, 0.3) is 0 Å². The van der Waals surface area contributed by atoms with Gasteiger partial charge in [-0.3, -0.25) is 0 Å². The molecular formula is C3H2ClN3. The normalized spacial score (nSPS) is 8.71. The highest BCUT2D eigenvalue weighted by Gasteiger charge is 1.78. The van der Waals surface area contributed by atoms with Crippen LogP contribution in [0.4, 0.5) is 0 Å². The number of aromatic nitrogens is 3. The Morgan fingerprint density at radius 1 is 1.43 bits per heavy atom. The van der Waals surface area contributed by atoms with Gasteiger partial charge in [0.25, 0.3) is 0 Å². The van der Waals surface area contributed by atoms with E-state index in [1.165, 1.54) is 12.5 Å². The van der Waals surface area contributed by atoms with Crippen molar-refractivity contribution < 1.29 is 0 Å². The van der Waals surface area contributed by atoms with Gasteiger partial charge < -0.3 is 0 Å². The van der Waals surface area contributed by atoms with Gasteiger partial charge in [-0.2, -0.15) is 5.10 Å². The fourth-order valence-corrected chi connectivity index (χ4v) is 0.312. The second-order valence-electron chi connectivity index (χ2n) is 0.927. The lowest BCUT2D eigenvalue weighted by Crippen LogP contribution is -1.79. The van der Waals surface area contributed by atoms with Crippen molar-refractivity contribution >= 4 is 11.6 Å². The molecule has 0 radical (unpaired) electrons. The average Bonchev–Trinajstić information content (AvgIpc) is 1.69. The Balaban J connectivity index is 3.02. The second-order valence-corrected chi connectivity index (χ2v) is 1.31. The highest BCUT2D eigenvalue weighted by atomic mass is 35.5. The van der Waals surface area contributed by atoms with Crippen LogP contribution in [-0.2, 0) is 0 Å². The van der Waals surface area contributed by atoms with E-state index in [-0.39, 0.29) is 0 Å². The molecule has 1 aromatic rings. The molecule has 0 aliphatic heterocycles. The van der Waals surface area contributed by atoms with E-state index in [0.29, 0.717) is 5.15 Å². The minimum atomic E-state index is 0.370. The van der Waals surface area contributed by atoms with Crippen LogP contribution in [0, 0.1) is 0 Å². The van der Waals surface area contributed by atoms with Crippen molar-refractivity contribution in [3.05, 3.63) is 17.7 Å². The largest absolute Gasteiger partial charge is 0.221 e. The molecule has 36 valence electrons.